The average Bonchev–Trinajstić information content (AvgIpc) is 2.89. The second-order valence-electron chi connectivity index (χ2n) is 6.60. The van der Waals surface area contributed by atoms with Gasteiger partial charge in [-0.15, -0.1) is 0 Å². The minimum Gasteiger partial charge on any atom is -0.452 e. The number of carbonyl (C=O) groups excluding carboxylic acids is 2. The van der Waals surface area contributed by atoms with E-state index >= 15 is 0 Å². The van der Waals surface area contributed by atoms with Gasteiger partial charge in [-0.2, -0.15) is 0 Å². The molecular formula is C16H19NO4. The van der Waals surface area contributed by atoms with Crippen LogP contribution in [-0.4, -0.2) is 25.4 Å². The van der Waals surface area contributed by atoms with Crippen molar-refractivity contribution in [2.24, 2.45) is 5.41 Å². The molecule has 1 aromatic carbocycles. The molecule has 1 aromatic rings. The van der Waals surface area contributed by atoms with Gasteiger partial charge in [-0.25, -0.2) is 9.69 Å². The van der Waals surface area contributed by atoms with Gasteiger partial charge < -0.3 is 9.47 Å². The Balaban J connectivity index is 2.27. The molecular weight excluding hydrogens is 270 g/mol. The molecule has 0 N–H and O–H groups in total. The Morgan fingerprint density at radius 2 is 2.05 bits per heavy atom. The zero-order chi connectivity index (χ0) is 15.4. The molecule has 0 bridgehead atoms. The molecule has 0 unspecified atom stereocenters. The molecule has 1 amide bonds. The van der Waals surface area contributed by atoms with E-state index in [4.69, 9.17) is 9.47 Å². The number of amides is 1. The van der Waals surface area contributed by atoms with Crippen LogP contribution in [0.25, 0.3) is 0 Å². The molecule has 2 aliphatic heterocycles. The molecule has 3 rings (SSSR count). The van der Waals surface area contributed by atoms with Crippen molar-refractivity contribution in [1.29, 1.82) is 0 Å². The summed E-state index contributed by atoms with van der Waals surface area (Å²) < 4.78 is 10.4. The predicted molar refractivity (Wildman–Crippen MR) is 77.0 cm³/mol. The molecule has 0 aromatic heterocycles. The maximum Gasteiger partial charge on any atom is 0.417 e. The third-order valence-electron chi connectivity index (χ3n) is 4.68. The monoisotopic (exact) mass is 289 g/mol. The minimum atomic E-state index is -0.644. The zero-order valence-electron chi connectivity index (χ0n) is 12.7. The van der Waals surface area contributed by atoms with Crippen molar-refractivity contribution in [3.63, 3.8) is 0 Å². The van der Waals surface area contributed by atoms with Crippen LogP contribution in [-0.2, 0) is 19.7 Å². The van der Waals surface area contributed by atoms with Crippen molar-refractivity contribution in [3.8, 4) is 0 Å². The Morgan fingerprint density at radius 1 is 1.38 bits per heavy atom. The normalized spacial score (nSPS) is 27.1. The first-order chi connectivity index (χ1) is 9.83. The summed E-state index contributed by atoms with van der Waals surface area (Å²) in [5, 5.41) is 0. The molecule has 21 heavy (non-hydrogen) atoms. The SMILES string of the molecule is COC(=O)N1c2ccccc2[C@]2(C(C)(C)C)CC(=O)O[C@H]12. The predicted octanol–water partition coefficient (Wildman–Crippen LogP) is 2.83. The van der Waals surface area contributed by atoms with Gasteiger partial charge in [0.25, 0.3) is 0 Å². The second-order valence-corrected chi connectivity index (χ2v) is 6.60. The van der Waals surface area contributed by atoms with Crippen LogP contribution in [0.5, 0.6) is 0 Å². The van der Waals surface area contributed by atoms with Gasteiger partial charge in [-0.3, -0.25) is 4.79 Å². The molecule has 0 aliphatic carbocycles. The van der Waals surface area contributed by atoms with Crippen LogP contribution in [0.1, 0.15) is 32.8 Å². The molecule has 5 nitrogen and oxygen atoms in total. The maximum absolute atomic E-state index is 12.2. The average molecular weight is 289 g/mol. The Kier molecular flexibility index (Phi) is 2.80. The summed E-state index contributed by atoms with van der Waals surface area (Å²) in [4.78, 5) is 25.6. The number of anilines is 1. The van der Waals surface area contributed by atoms with Gasteiger partial charge in [0.15, 0.2) is 6.23 Å². The summed E-state index contributed by atoms with van der Waals surface area (Å²) in [7, 11) is 1.33. The highest BCUT2D eigenvalue weighted by molar-refractivity contribution is 5.95. The van der Waals surface area contributed by atoms with Crippen LogP contribution in [0.4, 0.5) is 10.5 Å². The van der Waals surface area contributed by atoms with Crippen LogP contribution in [0.15, 0.2) is 24.3 Å². The molecule has 2 aliphatic rings. The molecule has 1 saturated heterocycles. The molecule has 0 spiro atoms. The summed E-state index contributed by atoms with van der Waals surface area (Å²) in [5.74, 6) is -0.279. The number of ether oxygens (including phenoxy) is 2. The molecule has 2 atom stereocenters. The number of carbonyl (C=O) groups is 2. The number of hydrogen-bond acceptors (Lipinski definition) is 4. The van der Waals surface area contributed by atoms with Gasteiger partial charge in [0.05, 0.1) is 24.6 Å². The van der Waals surface area contributed by atoms with E-state index in [1.54, 1.807) is 0 Å². The zero-order valence-corrected chi connectivity index (χ0v) is 12.7. The van der Waals surface area contributed by atoms with E-state index < -0.39 is 17.7 Å². The summed E-state index contributed by atoms with van der Waals surface area (Å²) in [6.45, 7) is 6.21. The van der Waals surface area contributed by atoms with Crippen LogP contribution in [0, 0.1) is 5.41 Å². The lowest BCUT2D eigenvalue weighted by molar-refractivity contribution is -0.141. The van der Waals surface area contributed by atoms with Crippen molar-refractivity contribution in [1.82, 2.24) is 0 Å². The van der Waals surface area contributed by atoms with Gasteiger partial charge in [0.1, 0.15) is 0 Å². The van der Waals surface area contributed by atoms with Crippen molar-refractivity contribution >= 4 is 17.7 Å². The summed E-state index contributed by atoms with van der Waals surface area (Å²) >= 11 is 0. The number of benzene rings is 1. The lowest BCUT2D eigenvalue weighted by Gasteiger charge is -2.40. The quantitative estimate of drug-likeness (QED) is 0.689. The molecule has 1 fully saturated rings. The first kappa shape index (κ1) is 13.9. The van der Waals surface area contributed by atoms with Gasteiger partial charge in [0, 0.05) is 0 Å². The first-order valence-corrected chi connectivity index (χ1v) is 6.99. The summed E-state index contributed by atoms with van der Waals surface area (Å²) in [5.41, 5.74) is 0.938. The van der Waals surface area contributed by atoms with Crippen LogP contribution in [0.2, 0.25) is 0 Å². The Labute approximate surface area is 123 Å². The van der Waals surface area contributed by atoms with Crippen LogP contribution in [0.3, 0.4) is 0 Å². The molecule has 112 valence electrons. The molecule has 0 saturated carbocycles. The van der Waals surface area contributed by atoms with Crippen molar-refractivity contribution in [2.75, 3.05) is 12.0 Å². The van der Waals surface area contributed by atoms with E-state index in [0.29, 0.717) is 0 Å². The van der Waals surface area contributed by atoms with Crippen LogP contribution < -0.4 is 4.90 Å². The minimum absolute atomic E-state index is 0.247. The van der Waals surface area contributed by atoms with E-state index in [0.717, 1.165) is 11.3 Å². The third kappa shape index (κ3) is 1.63. The summed E-state index contributed by atoms with van der Waals surface area (Å²) in [6, 6.07) is 7.63. The van der Waals surface area contributed by atoms with Gasteiger partial charge in [0.2, 0.25) is 0 Å². The maximum atomic E-state index is 12.2. The highest BCUT2D eigenvalue weighted by atomic mass is 16.6. The fraction of sp³-hybridized carbons (Fsp3) is 0.500. The number of rotatable bonds is 0. The van der Waals surface area contributed by atoms with Crippen LogP contribution >= 0.6 is 0 Å². The number of hydrogen-bond donors (Lipinski definition) is 0. The second kappa shape index (κ2) is 4.23. The standard InChI is InChI=1S/C16H19NO4/c1-15(2,3)16-9-12(18)21-13(16)17(14(19)20-4)11-8-6-5-7-10(11)16/h5-8,13H,9H2,1-4H3/t13-,16+/m0/s1. The highest BCUT2D eigenvalue weighted by Gasteiger charge is 2.65. The lowest BCUT2D eigenvalue weighted by atomic mass is 9.62. The van der Waals surface area contributed by atoms with Crippen molar-refractivity contribution in [2.45, 2.75) is 38.8 Å². The Morgan fingerprint density at radius 3 is 2.67 bits per heavy atom. The Hall–Kier alpha value is -2.04. The number of para-hydroxylation sites is 1. The highest BCUT2D eigenvalue weighted by Crippen LogP contribution is 2.59. The number of nitrogens with zero attached hydrogens (tertiary/aromatic N) is 1. The largest absolute Gasteiger partial charge is 0.452 e. The third-order valence-corrected chi connectivity index (χ3v) is 4.68. The number of fused-ring (bicyclic) bond motifs is 3. The van der Waals surface area contributed by atoms with E-state index in [-0.39, 0.29) is 17.8 Å². The summed E-state index contributed by atoms with van der Waals surface area (Å²) in [6.07, 6.45) is -0.880. The number of esters is 1. The molecule has 2 heterocycles. The van der Waals surface area contributed by atoms with E-state index in [9.17, 15) is 9.59 Å². The van der Waals surface area contributed by atoms with Gasteiger partial charge in [-0.05, 0) is 17.0 Å². The first-order valence-electron chi connectivity index (χ1n) is 6.99. The van der Waals surface area contributed by atoms with Crippen molar-refractivity contribution in [3.05, 3.63) is 29.8 Å². The smallest absolute Gasteiger partial charge is 0.417 e. The Bertz CT molecular complexity index is 619. The topological polar surface area (TPSA) is 55.8 Å². The van der Waals surface area contributed by atoms with Crippen molar-refractivity contribution < 1.29 is 19.1 Å². The van der Waals surface area contributed by atoms with E-state index in [1.807, 2.05) is 24.3 Å². The van der Waals surface area contributed by atoms with Gasteiger partial charge in [-0.1, -0.05) is 39.0 Å². The molecule has 5 heteroatoms. The van der Waals surface area contributed by atoms with Gasteiger partial charge >= 0.3 is 12.1 Å². The van der Waals surface area contributed by atoms with E-state index in [1.165, 1.54) is 12.0 Å². The van der Waals surface area contributed by atoms with E-state index in [2.05, 4.69) is 20.8 Å². The lowest BCUT2D eigenvalue weighted by Crippen LogP contribution is -2.51. The fourth-order valence-corrected chi connectivity index (χ4v) is 3.60. The fourth-order valence-electron chi connectivity index (χ4n) is 3.60. The number of methoxy groups -OCH3 is 1. The molecule has 0 radical (unpaired) electrons.